The number of hydrogen-bond acceptors (Lipinski definition) is 9. The molecule has 3 heterocycles. The molecular formula is C25H28N4O6S. The predicted octanol–water partition coefficient (Wildman–Crippen LogP) is 2.23. The van der Waals surface area contributed by atoms with E-state index in [1.807, 2.05) is 0 Å². The fourth-order valence-electron chi connectivity index (χ4n) is 4.62. The third kappa shape index (κ3) is 4.86. The van der Waals surface area contributed by atoms with E-state index in [1.165, 1.54) is 18.5 Å². The van der Waals surface area contributed by atoms with E-state index in [1.54, 1.807) is 25.3 Å². The highest BCUT2D eigenvalue weighted by molar-refractivity contribution is 7.90. The first-order valence-corrected chi connectivity index (χ1v) is 13.6. The number of aromatic nitrogens is 2. The Morgan fingerprint density at radius 3 is 2.69 bits per heavy atom. The van der Waals surface area contributed by atoms with E-state index in [0.717, 1.165) is 45.5 Å². The fourth-order valence-corrected chi connectivity index (χ4v) is 5.28. The molecule has 1 atom stereocenters. The van der Waals surface area contributed by atoms with Crippen molar-refractivity contribution in [3.05, 3.63) is 47.9 Å². The number of hydrogen-bond donors (Lipinski definition) is 1. The molecule has 3 aromatic rings. The summed E-state index contributed by atoms with van der Waals surface area (Å²) in [4.78, 5) is 24.3. The number of nitrogens with zero attached hydrogens (tertiary/aromatic N) is 3. The molecule has 1 aromatic heterocycles. The maximum atomic E-state index is 13.0. The Bertz CT molecular complexity index is 1410. The molecule has 0 bridgehead atoms. The van der Waals surface area contributed by atoms with Gasteiger partial charge in [-0.15, -0.1) is 0 Å². The molecule has 1 amide bonds. The number of sulfone groups is 1. The minimum Gasteiger partial charge on any atom is -0.493 e. The van der Waals surface area contributed by atoms with Gasteiger partial charge in [-0.25, -0.2) is 18.4 Å². The van der Waals surface area contributed by atoms with Crippen LogP contribution in [0.5, 0.6) is 11.5 Å². The van der Waals surface area contributed by atoms with Gasteiger partial charge in [0.25, 0.3) is 0 Å². The normalized spacial score (nSPS) is 18.2. The second-order valence-corrected chi connectivity index (χ2v) is 10.9. The molecular weight excluding hydrogens is 484 g/mol. The standard InChI is InChI=1S/C25H28N4O6S/c1-33-21-13-18-20(14-22(21)35-9-3-6-29-7-10-34-11-8-29)26-15-27-24(18)23-17-12-16(36(2,31)32)4-5-19(17)28-25(23)30/h4-5,12-15,23H,3,6-11H2,1-2H3,(H,28,30). The lowest BCUT2D eigenvalue weighted by Gasteiger charge is -2.26. The summed E-state index contributed by atoms with van der Waals surface area (Å²) in [6, 6.07) is 8.18. The lowest BCUT2D eigenvalue weighted by molar-refractivity contribution is -0.116. The highest BCUT2D eigenvalue weighted by Crippen LogP contribution is 2.41. The number of amides is 1. The van der Waals surface area contributed by atoms with Crippen LogP contribution in [0.15, 0.2) is 41.6 Å². The molecule has 1 unspecified atom stereocenters. The quantitative estimate of drug-likeness (QED) is 0.453. The number of benzene rings is 2. The summed E-state index contributed by atoms with van der Waals surface area (Å²) in [7, 11) is -1.89. The van der Waals surface area contributed by atoms with Crippen LogP contribution in [-0.2, 0) is 19.4 Å². The van der Waals surface area contributed by atoms with Crippen molar-refractivity contribution >= 4 is 32.3 Å². The zero-order chi connectivity index (χ0) is 25.3. The van der Waals surface area contributed by atoms with Gasteiger partial charge in [0.2, 0.25) is 5.91 Å². The molecule has 1 N–H and O–H groups in total. The fraction of sp³-hybridized carbons (Fsp3) is 0.400. The van der Waals surface area contributed by atoms with Gasteiger partial charge in [-0.1, -0.05) is 0 Å². The molecule has 1 fully saturated rings. The summed E-state index contributed by atoms with van der Waals surface area (Å²) in [5, 5.41) is 3.46. The van der Waals surface area contributed by atoms with Crippen molar-refractivity contribution in [3.63, 3.8) is 0 Å². The van der Waals surface area contributed by atoms with E-state index >= 15 is 0 Å². The van der Waals surface area contributed by atoms with Crippen LogP contribution in [0.1, 0.15) is 23.6 Å². The maximum Gasteiger partial charge on any atom is 0.238 e. The number of rotatable bonds is 8. The van der Waals surface area contributed by atoms with Gasteiger partial charge in [0.15, 0.2) is 21.3 Å². The molecule has 2 aliphatic heterocycles. The maximum absolute atomic E-state index is 13.0. The number of morpholine rings is 1. The van der Waals surface area contributed by atoms with Gasteiger partial charge >= 0.3 is 0 Å². The first-order chi connectivity index (χ1) is 17.3. The highest BCUT2D eigenvalue weighted by Gasteiger charge is 2.35. The third-order valence-electron chi connectivity index (χ3n) is 6.49. The van der Waals surface area contributed by atoms with Crippen molar-refractivity contribution in [1.29, 1.82) is 0 Å². The van der Waals surface area contributed by atoms with Gasteiger partial charge < -0.3 is 19.5 Å². The first-order valence-electron chi connectivity index (χ1n) is 11.8. The van der Waals surface area contributed by atoms with Crippen molar-refractivity contribution in [1.82, 2.24) is 14.9 Å². The van der Waals surface area contributed by atoms with Gasteiger partial charge in [-0.05, 0) is 36.2 Å². The molecule has 1 saturated heterocycles. The third-order valence-corrected chi connectivity index (χ3v) is 7.60. The number of anilines is 1. The van der Waals surface area contributed by atoms with Gasteiger partial charge in [-0.3, -0.25) is 9.69 Å². The van der Waals surface area contributed by atoms with Crippen LogP contribution in [0.2, 0.25) is 0 Å². The smallest absolute Gasteiger partial charge is 0.238 e. The Balaban J connectivity index is 1.43. The number of carbonyl (C=O) groups excluding carboxylic acids is 1. The van der Waals surface area contributed by atoms with E-state index in [2.05, 4.69) is 20.2 Å². The molecule has 11 heteroatoms. The number of carbonyl (C=O) groups is 1. The van der Waals surface area contributed by atoms with Gasteiger partial charge in [-0.2, -0.15) is 0 Å². The zero-order valence-electron chi connectivity index (χ0n) is 20.2. The molecule has 2 aromatic carbocycles. The van der Waals surface area contributed by atoms with Crippen molar-refractivity contribution in [3.8, 4) is 11.5 Å². The molecule has 0 radical (unpaired) electrons. The molecule has 0 aliphatic carbocycles. The van der Waals surface area contributed by atoms with E-state index in [0.29, 0.717) is 46.0 Å². The summed E-state index contributed by atoms with van der Waals surface area (Å²) in [6.45, 7) is 4.84. The molecule has 0 saturated carbocycles. The van der Waals surface area contributed by atoms with Crippen molar-refractivity contribution < 1.29 is 27.4 Å². The SMILES string of the molecule is COc1cc2c(C3C(=O)Nc4ccc(S(C)(=O)=O)cc43)ncnc2cc1OCCCN1CCOCC1. The topological polar surface area (TPSA) is 120 Å². The Morgan fingerprint density at radius 2 is 1.94 bits per heavy atom. The number of ether oxygens (including phenoxy) is 3. The van der Waals surface area contributed by atoms with Gasteiger partial charge in [0, 0.05) is 43.0 Å². The lowest BCUT2D eigenvalue weighted by atomic mass is 9.94. The summed E-state index contributed by atoms with van der Waals surface area (Å²) >= 11 is 0. The van der Waals surface area contributed by atoms with Gasteiger partial charge in [0.1, 0.15) is 12.2 Å². The van der Waals surface area contributed by atoms with Crippen molar-refractivity contribution in [2.24, 2.45) is 0 Å². The van der Waals surface area contributed by atoms with E-state index in [4.69, 9.17) is 14.2 Å². The molecule has 2 aliphatic rings. The number of methoxy groups -OCH3 is 1. The van der Waals surface area contributed by atoms with Crippen LogP contribution >= 0.6 is 0 Å². The monoisotopic (exact) mass is 512 g/mol. The number of fused-ring (bicyclic) bond motifs is 2. The van der Waals surface area contributed by atoms with E-state index in [-0.39, 0.29) is 10.8 Å². The van der Waals surface area contributed by atoms with Crippen LogP contribution in [0, 0.1) is 0 Å². The molecule has 190 valence electrons. The molecule has 5 rings (SSSR count). The first kappa shape index (κ1) is 24.4. The highest BCUT2D eigenvalue weighted by atomic mass is 32.2. The molecule has 0 spiro atoms. The van der Waals surface area contributed by atoms with Crippen LogP contribution in [0.4, 0.5) is 5.69 Å². The summed E-state index contributed by atoms with van der Waals surface area (Å²) in [5.41, 5.74) is 2.20. The van der Waals surface area contributed by atoms with Crippen LogP contribution in [0.25, 0.3) is 10.9 Å². The second kappa shape index (κ2) is 10.00. The predicted molar refractivity (Wildman–Crippen MR) is 133 cm³/mol. The van der Waals surface area contributed by atoms with Crippen LogP contribution < -0.4 is 14.8 Å². The largest absolute Gasteiger partial charge is 0.493 e. The molecule has 36 heavy (non-hydrogen) atoms. The van der Waals surface area contributed by atoms with Crippen LogP contribution in [-0.4, -0.2) is 82.0 Å². The Labute approximate surface area is 209 Å². The summed E-state index contributed by atoms with van der Waals surface area (Å²) < 4.78 is 41.2. The zero-order valence-corrected chi connectivity index (χ0v) is 21.0. The lowest BCUT2D eigenvalue weighted by Crippen LogP contribution is -2.37. The van der Waals surface area contributed by atoms with E-state index < -0.39 is 15.8 Å². The van der Waals surface area contributed by atoms with E-state index in [9.17, 15) is 13.2 Å². The summed E-state index contributed by atoms with van der Waals surface area (Å²) in [6.07, 6.45) is 3.40. The van der Waals surface area contributed by atoms with Crippen molar-refractivity contribution in [2.45, 2.75) is 17.2 Å². The minimum absolute atomic E-state index is 0.145. The Hall–Kier alpha value is -3.28. The van der Waals surface area contributed by atoms with Gasteiger partial charge in [0.05, 0.1) is 43.0 Å². The summed E-state index contributed by atoms with van der Waals surface area (Å²) in [5.74, 6) is 0.0101. The average molecular weight is 513 g/mol. The second-order valence-electron chi connectivity index (χ2n) is 8.88. The van der Waals surface area contributed by atoms with Crippen molar-refractivity contribution in [2.75, 3.05) is 58.1 Å². The van der Waals surface area contributed by atoms with Crippen LogP contribution in [0.3, 0.4) is 0 Å². The number of nitrogens with one attached hydrogen (secondary N) is 1. The molecule has 10 nitrogen and oxygen atoms in total. The Morgan fingerprint density at radius 1 is 1.14 bits per heavy atom. The minimum atomic E-state index is -3.44. The Kier molecular flexibility index (Phi) is 6.78. The average Bonchev–Trinajstić information content (AvgIpc) is 3.20.